The number of fused-ring (bicyclic) bond motifs is 1. The minimum atomic E-state index is -0.625. The molecule has 8 heteroatoms. The van der Waals surface area contributed by atoms with E-state index < -0.39 is 11.9 Å². The van der Waals surface area contributed by atoms with Gasteiger partial charge in [0.05, 0.1) is 13.2 Å². The number of halogens is 1. The fourth-order valence-electron chi connectivity index (χ4n) is 3.30. The van der Waals surface area contributed by atoms with Crippen LogP contribution in [0.1, 0.15) is 31.9 Å². The van der Waals surface area contributed by atoms with E-state index in [-0.39, 0.29) is 31.2 Å². The van der Waals surface area contributed by atoms with Crippen LogP contribution in [-0.4, -0.2) is 41.4 Å². The molecule has 0 spiro atoms. The Hall–Kier alpha value is -3.76. The van der Waals surface area contributed by atoms with Crippen molar-refractivity contribution in [3.05, 3.63) is 64.3 Å². The highest BCUT2D eigenvalue weighted by Crippen LogP contribution is 2.38. The molecule has 0 aromatic heterocycles. The first-order chi connectivity index (χ1) is 15.9. The smallest absolute Gasteiger partial charge is 0.325 e. The third-order valence-electron chi connectivity index (χ3n) is 4.55. The largest absolute Gasteiger partial charge is 0.505 e. The van der Waals surface area contributed by atoms with Crippen molar-refractivity contribution in [2.75, 3.05) is 13.2 Å². The van der Waals surface area contributed by atoms with Gasteiger partial charge in [-0.2, -0.15) is 5.10 Å². The number of ether oxygens (including phenoxy) is 1. The lowest BCUT2D eigenvalue weighted by Crippen LogP contribution is -2.38. The molecule has 3 rings (SSSR count). The van der Waals surface area contributed by atoms with Crippen LogP contribution < -0.4 is 5.32 Å². The standard InChI is InChI=1S/C22H22ClN3O4.C3H4/c1-3-25-26-13-17-14(15-8-5-6-11-18(15)23)9-7-10-16(17)21(28)20(26)22(29)24-12-19(27)30-4-2;1-3-2/h3,5-11,28H,4,12-13H2,1-2H3,(H,24,29);1H,2H3/b25-3-;. The second-order valence-electron chi connectivity index (χ2n) is 6.72. The predicted molar refractivity (Wildman–Crippen MR) is 130 cm³/mol. The lowest BCUT2D eigenvalue weighted by Gasteiger charge is -2.30. The van der Waals surface area contributed by atoms with E-state index in [2.05, 4.69) is 22.8 Å². The fourth-order valence-corrected chi connectivity index (χ4v) is 3.54. The molecule has 0 saturated carbocycles. The van der Waals surface area contributed by atoms with Crippen LogP contribution in [0.4, 0.5) is 0 Å². The Bertz CT molecular complexity index is 1120. The molecule has 0 radical (unpaired) electrons. The maximum Gasteiger partial charge on any atom is 0.325 e. The van der Waals surface area contributed by atoms with Gasteiger partial charge >= 0.3 is 5.97 Å². The summed E-state index contributed by atoms with van der Waals surface area (Å²) in [6, 6.07) is 12.9. The maximum atomic E-state index is 12.7. The van der Waals surface area contributed by atoms with Gasteiger partial charge < -0.3 is 15.2 Å². The monoisotopic (exact) mass is 467 g/mol. The van der Waals surface area contributed by atoms with Gasteiger partial charge in [0.15, 0.2) is 11.5 Å². The molecule has 1 aliphatic heterocycles. The first-order valence-electron chi connectivity index (χ1n) is 10.3. The van der Waals surface area contributed by atoms with Gasteiger partial charge in [-0.25, -0.2) is 0 Å². The maximum absolute atomic E-state index is 12.7. The van der Waals surface area contributed by atoms with Gasteiger partial charge in [0.25, 0.3) is 5.91 Å². The molecule has 172 valence electrons. The molecule has 2 N–H and O–H groups in total. The third kappa shape index (κ3) is 6.15. The fraction of sp³-hybridized carbons (Fsp3) is 0.240. The van der Waals surface area contributed by atoms with E-state index in [0.717, 1.165) is 16.7 Å². The molecule has 1 aliphatic rings. The Morgan fingerprint density at radius 2 is 1.88 bits per heavy atom. The van der Waals surface area contributed by atoms with Gasteiger partial charge in [-0.3, -0.25) is 14.6 Å². The second kappa shape index (κ2) is 12.3. The number of hydrogen-bond acceptors (Lipinski definition) is 6. The number of nitrogens with one attached hydrogen (secondary N) is 1. The van der Waals surface area contributed by atoms with Crippen LogP contribution in [0.5, 0.6) is 0 Å². The molecular weight excluding hydrogens is 442 g/mol. The van der Waals surface area contributed by atoms with Gasteiger partial charge in [-0.05, 0) is 38.0 Å². The molecule has 0 bridgehead atoms. The molecule has 0 atom stereocenters. The highest BCUT2D eigenvalue weighted by atomic mass is 35.5. The summed E-state index contributed by atoms with van der Waals surface area (Å²) in [5.41, 5.74) is 2.92. The zero-order chi connectivity index (χ0) is 24.4. The van der Waals surface area contributed by atoms with Crippen molar-refractivity contribution in [3.8, 4) is 23.5 Å². The molecule has 7 nitrogen and oxygen atoms in total. The summed E-state index contributed by atoms with van der Waals surface area (Å²) in [6.07, 6.45) is 6.12. The molecule has 0 saturated heterocycles. The molecule has 0 fully saturated rings. The highest BCUT2D eigenvalue weighted by molar-refractivity contribution is 6.33. The highest BCUT2D eigenvalue weighted by Gasteiger charge is 2.31. The normalized spacial score (nSPS) is 12.4. The van der Waals surface area contributed by atoms with Crippen LogP contribution in [0.25, 0.3) is 16.9 Å². The Morgan fingerprint density at radius 3 is 2.52 bits per heavy atom. The van der Waals surface area contributed by atoms with Crippen molar-refractivity contribution < 1.29 is 19.4 Å². The lowest BCUT2D eigenvalue weighted by atomic mass is 9.91. The van der Waals surface area contributed by atoms with Crippen LogP contribution in [0.3, 0.4) is 0 Å². The summed E-state index contributed by atoms with van der Waals surface area (Å²) in [5.74, 6) is 0.839. The molecule has 0 unspecified atom stereocenters. The number of nitrogens with zero attached hydrogens (tertiary/aromatic N) is 2. The van der Waals surface area contributed by atoms with Crippen LogP contribution in [0, 0.1) is 12.3 Å². The van der Waals surface area contributed by atoms with E-state index in [1.165, 1.54) is 11.2 Å². The van der Waals surface area contributed by atoms with Crippen LogP contribution in [-0.2, 0) is 20.9 Å². The number of benzene rings is 2. The van der Waals surface area contributed by atoms with Crippen LogP contribution in [0.15, 0.2) is 53.3 Å². The Balaban J connectivity index is 0.00000122. The summed E-state index contributed by atoms with van der Waals surface area (Å²) in [5, 5.41) is 19.6. The Morgan fingerprint density at radius 1 is 1.24 bits per heavy atom. The quantitative estimate of drug-likeness (QED) is 0.374. The summed E-state index contributed by atoms with van der Waals surface area (Å²) < 4.78 is 4.83. The zero-order valence-electron chi connectivity index (χ0n) is 18.8. The SMILES string of the molecule is C#CC.C/C=N\N1Cc2c(cccc2-c2ccccc2Cl)C(O)=C1C(=O)NCC(=O)OCC. The van der Waals surface area contributed by atoms with E-state index in [1.807, 2.05) is 24.3 Å². The van der Waals surface area contributed by atoms with Crippen LogP contribution >= 0.6 is 11.6 Å². The first kappa shape index (κ1) is 25.5. The Labute approximate surface area is 198 Å². The van der Waals surface area contributed by atoms with Gasteiger partial charge in [0.1, 0.15) is 6.54 Å². The number of hydrazone groups is 1. The van der Waals surface area contributed by atoms with E-state index in [9.17, 15) is 14.7 Å². The van der Waals surface area contributed by atoms with Crippen molar-refractivity contribution in [2.24, 2.45) is 5.10 Å². The number of amides is 1. The van der Waals surface area contributed by atoms with Gasteiger partial charge in [0.2, 0.25) is 0 Å². The number of aliphatic hydroxyl groups excluding tert-OH is 1. The van der Waals surface area contributed by atoms with Gasteiger partial charge in [-0.15, -0.1) is 12.3 Å². The lowest BCUT2D eigenvalue weighted by molar-refractivity contribution is -0.143. The van der Waals surface area contributed by atoms with Crippen molar-refractivity contribution >= 4 is 35.5 Å². The van der Waals surface area contributed by atoms with Crippen LogP contribution in [0.2, 0.25) is 5.02 Å². The summed E-state index contributed by atoms with van der Waals surface area (Å²) in [7, 11) is 0. The van der Waals surface area contributed by atoms with Crippen molar-refractivity contribution in [1.29, 1.82) is 0 Å². The predicted octanol–water partition coefficient (Wildman–Crippen LogP) is 4.37. The molecule has 1 heterocycles. The second-order valence-corrected chi connectivity index (χ2v) is 7.12. The van der Waals surface area contributed by atoms with Crippen molar-refractivity contribution in [2.45, 2.75) is 27.3 Å². The molecule has 1 amide bonds. The van der Waals surface area contributed by atoms with Gasteiger partial charge in [0, 0.05) is 22.4 Å². The number of carbonyl (C=O) groups is 2. The van der Waals surface area contributed by atoms with E-state index in [4.69, 9.17) is 16.3 Å². The molecule has 33 heavy (non-hydrogen) atoms. The average Bonchev–Trinajstić information content (AvgIpc) is 2.79. The minimum Gasteiger partial charge on any atom is -0.505 e. The molecule has 2 aromatic rings. The Kier molecular flexibility index (Phi) is 9.52. The van der Waals surface area contributed by atoms with E-state index in [1.54, 1.807) is 39.0 Å². The molecule has 2 aromatic carbocycles. The number of carbonyl (C=O) groups excluding carboxylic acids is 2. The van der Waals surface area contributed by atoms with E-state index in [0.29, 0.717) is 10.6 Å². The minimum absolute atomic E-state index is 0.0405. The number of aliphatic hydroxyl groups is 1. The van der Waals surface area contributed by atoms with E-state index >= 15 is 0 Å². The third-order valence-corrected chi connectivity index (χ3v) is 4.88. The zero-order valence-corrected chi connectivity index (χ0v) is 19.5. The number of esters is 1. The van der Waals surface area contributed by atoms with Crippen molar-refractivity contribution in [3.63, 3.8) is 0 Å². The average molecular weight is 468 g/mol. The summed E-state index contributed by atoms with van der Waals surface area (Å²) in [4.78, 5) is 24.3. The topological polar surface area (TPSA) is 91.2 Å². The summed E-state index contributed by atoms with van der Waals surface area (Å²) >= 11 is 6.39. The number of hydrogen-bond donors (Lipinski definition) is 2. The van der Waals surface area contributed by atoms with Gasteiger partial charge in [-0.1, -0.05) is 48.0 Å². The molecular formula is C25H26ClN3O4. The number of terminal acetylenes is 1. The summed E-state index contributed by atoms with van der Waals surface area (Å²) in [6.45, 7) is 5.20. The number of rotatable bonds is 6. The molecule has 0 aliphatic carbocycles. The van der Waals surface area contributed by atoms with Crippen molar-refractivity contribution in [1.82, 2.24) is 10.3 Å². The first-order valence-corrected chi connectivity index (χ1v) is 10.6.